The Labute approximate surface area is 165 Å². The van der Waals surface area contributed by atoms with Gasteiger partial charge in [-0.05, 0) is 30.0 Å². The number of amides is 1. The third-order valence-corrected chi connectivity index (χ3v) is 5.97. The Balaban J connectivity index is 1.50. The summed E-state index contributed by atoms with van der Waals surface area (Å²) in [6, 6.07) is 11.6. The van der Waals surface area contributed by atoms with Crippen LogP contribution in [0.15, 0.2) is 46.9 Å². The molecule has 0 radical (unpaired) electrons. The highest BCUT2D eigenvalue weighted by Gasteiger charge is 2.14. The topological polar surface area (TPSA) is 59.8 Å². The number of benzene rings is 1. The number of halogens is 1. The molecule has 0 saturated heterocycles. The molecule has 0 aliphatic heterocycles. The van der Waals surface area contributed by atoms with Crippen molar-refractivity contribution in [2.75, 3.05) is 5.75 Å². The zero-order valence-electron chi connectivity index (χ0n) is 14.3. The second-order valence-electron chi connectivity index (χ2n) is 5.49. The Morgan fingerprint density at radius 1 is 1.27 bits per heavy atom. The van der Waals surface area contributed by atoms with Crippen molar-refractivity contribution >= 4 is 40.6 Å². The van der Waals surface area contributed by atoms with Crippen molar-refractivity contribution < 1.29 is 4.79 Å². The highest BCUT2D eigenvalue weighted by atomic mass is 35.5. The number of aromatic nitrogens is 3. The Kier molecular flexibility index (Phi) is 6.71. The van der Waals surface area contributed by atoms with Gasteiger partial charge in [0, 0.05) is 30.3 Å². The van der Waals surface area contributed by atoms with Gasteiger partial charge in [0.15, 0.2) is 11.0 Å². The van der Waals surface area contributed by atoms with Gasteiger partial charge in [0.05, 0.1) is 4.88 Å². The molecular weight excluding hydrogens is 388 g/mol. The quantitative estimate of drug-likeness (QED) is 0.560. The van der Waals surface area contributed by atoms with Crippen LogP contribution in [-0.4, -0.2) is 26.4 Å². The molecule has 0 saturated carbocycles. The predicted molar refractivity (Wildman–Crippen MR) is 108 cm³/mol. The summed E-state index contributed by atoms with van der Waals surface area (Å²) >= 11 is 9.29. The average molecular weight is 407 g/mol. The van der Waals surface area contributed by atoms with Gasteiger partial charge in [-0.15, -0.1) is 21.5 Å². The maximum atomic E-state index is 12.1. The largest absolute Gasteiger partial charge is 0.352 e. The number of thioether (sulfide) groups is 1. The van der Waals surface area contributed by atoms with Crippen LogP contribution in [0.25, 0.3) is 10.7 Å². The van der Waals surface area contributed by atoms with Gasteiger partial charge in [-0.3, -0.25) is 4.79 Å². The van der Waals surface area contributed by atoms with E-state index in [0.29, 0.717) is 23.7 Å². The van der Waals surface area contributed by atoms with Crippen LogP contribution in [0.1, 0.15) is 18.9 Å². The molecule has 0 bridgehead atoms. The van der Waals surface area contributed by atoms with Gasteiger partial charge in [0.1, 0.15) is 0 Å². The fraction of sp³-hybridized carbons (Fsp3) is 0.278. The maximum absolute atomic E-state index is 12.1. The Morgan fingerprint density at radius 2 is 2.12 bits per heavy atom. The third kappa shape index (κ3) is 4.66. The second kappa shape index (κ2) is 9.21. The summed E-state index contributed by atoms with van der Waals surface area (Å²) < 4.78 is 2.08. The van der Waals surface area contributed by atoms with Crippen LogP contribution in [0.2, 0.25) is 5.02 Å². The van der Waals surface area contributed by atoms with Crippen LogP contribution >= 0.6 is 34.7 Å². The summed E-state index contributed by atoms with van der Waals surface area (Å²) in [4.78, 5) is 13.2. The van der Waals surface area contributed by atoms with Crippen molar-refractivity contribution in [3.8, 4) is 10.7 Å². The zero-order chi connectivity index (χ0) is 18.4. The third-order valence-electron chi connectivity index (χ3n) is 3.77. The van der Waals surface area contributed by atoms with Crippen molar-refractivity contribution in [2.45, 2.75) is 31.6 Å². The summed E-state index contributed by atoms with van der Waals surface area (Å²) in [5.41, 5.74) is 0.918. The lowest BCUT2D eigenvalue weighted by Crippen LogP contribution is -2.23. The van der Waals surface area contributed by atoms with Crippen molar-refractivity contribution in [2.24, 2.45) is 0 Å². The van der Waals surface area contributed by atoms with E-state index in [-0.39, 0.29) is 5.91 Å². The monoisotopic (exact) mass is 406 g/mol. The van der Waals surface area contributed by atoms with E-state index in [2.05, 4.69) is 27.0 Å². The fourth-order valence-electron chi connectivity index (χ4n) is 2.43. The minimum absolute atomic E-state index is 0.00142. The van der Waals surface area contributed by atoms with Gasteiger partial charge in [-0.2, -0.15) is 0 Å². The highest BCUT2D eigenvalue weighted by Crippen LogP contribution is 2.27. The van der Waals surface area contributed by atoms with Gasteiger partial charge in [0.25, 0.3) is 0 Å². The van der Waals surface area contributed by atoms with E-state index < -0.39 is 0 Å². The zero-order valence-corrected chi connectivity index (χ0v) is 16.7. The number of carbonyl (C=O) groups excluding carboxylic acids is 1. The highest BCUT2D eigenvalue weighted by molar-refractivity contribution is 7.99. The second-order valence-corrected chi connectivity index (χ2v) is 7.91. The minimum atomic E-state index is -0.00142. The standard InChI is InChI=1S/C18H19ClN4OS2/c1-2-23-17(15-8-5-10-25-15)21-22-18(23)26-11-9-16(24)20-12-13-6-3-4-7-14(13)19/h3-8,10H,2,9,11-12H2,1H3,(H,20,24). The van der Waals surface area contributed by atoms with Crippen molar-refractivity contribution in [1.82, 2.24) is 20.1 Å². The molecule has 0 atom stereocenters. The summed E-state index contributed by atoms with van der Waals surface area (Å²) in [6.07, 6.45) is 0.417. The lowest BCUT2D eigenvalue weighted by molar-refractivity contribution is -0.120. The van der Waals surface area contributed by atoms with Gasteiger partial charge in [0.2, 0.25) is 5.91 Å². The van der Waals surface area contributed by atoms with E-state index in [1.54, 1.807) is 23.1 Å². The van der Waals surface area contributed by atoms with E-state index in [9.17, 15) is 4.79 Å². The van der Waals surface area contributed by atoms with Crippen molar-refractivity contribution in [1.29, 1.82) is 0 Å². The fourth-order valence-corrected chi connectivity index (χ4v) is 4.29. The molecule has 2 aromatic heterocycles. The van der Waals surface area contributed by atoms with Crippen LogP contribution in [0.5, 0.6) is 0 Å². The molecule has 8 heteroatoms. The first-order valence-electron chi connectivity index (χ1n) is 8.29. The smallest absolute Gasteiger partial charge is 0.221 e. The molecule has 0 spiro atoms. The van der Waals surface area contributed by atoms with E-state index in [4.69, 9.17) is 11.6 Å². The summed E-state index contributed by atoms with van der Waals surface area (Å²) in [5.74, 6) is 1.53. The molecule has 3 rings (SSSR count). The van der Waals surface area contributed by atoms with E-state index in [1.807, 2.05) is 41.8 Å². The molecule has 0 aliphatic rings. The number of nitrogens with one attached hydrogen (secondary N) is 1. The number of nitrogens with zero attached hydrogens (tertiary/aromatic N) is 3. The molecule has 0 aliphatic carbocycles. The Hall–Kier alpha value is -1.83. The maximum Gasteiger partial charge on any atom is 0.221 e. The lowest BCUT2D eigenvalue weighted by Gasteiger charge is -2.08. The Bertz CT molecular complexity index is 864. The minimum Gasteiger partial charge on any atom is -0.352 e. The summed E-state index contributed by atoms with van der Waals surface area (Å²) in [6.45, 7) is 3.30. The van der Waals surface area contributed by atoms with Crippen LogP contribution in [-0.2, 0) is 17.9 Å². The number of thiophene rings is 1. The molecule has 5 nitrogen and oxygen atoms in total. The van der Waals surface area contributed by atoms with Gasteiger partial charge >= 0.3 is 0 Å². The number of rotatable bonds is 8. The molecule has 1 N–H and O–H groups in total. The lowest BCUT2D eigenvalue weighted by atomic mass is 10.2. The van der Waals surface area contributed by atoms with Gasteiger partial charge in [-0.1, -0.05) is 47.6 Å². The SMILES string of the molecule is CCn1c(SCCC(=O)NCc2ccccc2Cl)nnc1-c1cccs1. The van der Waals surface area contributed by atoms with E-state index >= 15 is 0 Å². The van der Waals surface area contributed by atoms with Crippen LogP contribution < -0.4 is 5.32 Å². The Morgan fingerprint density at radius 3 is 2.85 bits per heavy atom. The van der Waals surface area contributed by atoms with E-state index in [0.717, 1.165) is 28.0 Å². The normalized spacial score (nSPS) is 10.8. The molecule has 136 valence electrons. The van der Waals surface area contributed by atoms with Crippen molar-refractivity contribution in [3.05, 3.63) is 52.4 Å². The van der Waals surface area contributed by atoms with Gasteiger partial charge < -0.3 is 9.88 Å². The number of hydrogen-bond donors (Lipinski definition) is 1. The molecule has 26 heavy (non-hydrogen) atoms. The first kappa shape index (κ1) is 18.9. The molecule has 1 amide bonds. The first-order valence-corrected chi connectivity index (χ1v) is 10.5. The molecule has 2 heterocycles. The number of carbonyl (C=O) groups is 1. The molecule has 1 aromatic carbocycles. The molecule has 3 aromatic rings. The van der Waals surface area contributed by atoms with Crippen molar-refractivity contribution in [3.63, 3.8) is 0 Å². The average Bonchev–Trinajstić information content (AvgIpc) is 3.30. The van der Waals surface area contributed by atoms with E-state index in [1.165, 1.54) is 0 Å². The molecular formula is C18H19ClN4OS2. The number of hydrogen-bond acceptors (Lipinski definition) is 5. The summed E-state index contributed by atoms with van der Waals surface area (Å²) in [7, 11) is 0. The molecule has 0 unspecified atom stereocenters. The summed E-state index contributed by atoms with van der Waals surface area (Å²) in [5, 5.41) is 15.0. The van der Waals surface area contributed by atoms with Crippen LogP contribution in [0.3, 0.4) is 0 Å². The predicted octanol–water partition coefficient (Wildman–Crippen LogP) is 4.48. The van der Waals surface area contributed by atoms with Crippen LogP contribution in [0.4, 0.5) is 0 Å². The first-order chi connectivity index (χ1) is 12.7. The van der Waals surface area contributed by atoms with Gasteiger partial charge in [-0.25, -0.2) is 0 Å². The van der Waals surface area contributed by atoms with Crippen LogP contribution in [0, 0.1) is 0 Å². The molecule has 0 fully saturated rings.